The Kier molecular flexibility index (Phi) is 7.22. The summed E-state index contributed by atoms with van der Waals surface area (Å²) in [5.41, 5.74) is 2.16. The van der Waals surface area contributed by atoms with Gasteiger partial charge in [-0.05, 0) is 67.1 Å². The van der Waals surface area contributed by atoms with Crippen LogP contribution in [-0.2, 0) is 12.8 Å². The average Bonchev–Trinajstić information content (AvgIpc) is 2.82. The van der Waals surface area contributed by atoms with Crippen LogP contribution in [0, 0.1) is 11.3 Å². The van der Waals surface area contributed by atoms with Crippen LogP contribution in [-0.4, -0.2) is 36.1 Å². The number of carbonyl (C=O) groups excluding carboxylic acids is 1. The molecule has 3 rings (SSSR count). The molecule has 2 unspecified atom stereocenters. The number of hydrogen-bond acceptors (Lipinski definition) is 3. The number of halogens is 2. The number of amides is 2. The Morgan fingerprint density at radius 1 is 1.35 bits per heavy atom. The maximum Gasteiger partial charge on any atom is 0.315 e. The molecule has 2 amide bonds. The van der Waals surface area contributed by atoms with Gasteiger partial charge in [0.05, 0.1) is 0 Å². The minimum absolute atomic E-state index is 0.0764. The van der Waals surface area contributed by atoms with Crippen LogP contribution >= 0.6 is 0 Å². The van der Waals surface area contributed by atoms with E-state index in [-0.39, 0.29) is 35.4 Å². The molecule has 2 aliphatic rings. The Morgan fingerprint density at radius 2 is 2.13 bits per heavy atom. The molecular weight excluding hydrogens is 398 g/mol. The minimum Gasteiger partial charge on any atom is -0.370 e. The largest absolute Gasteiger partial charge is 0.370 e. The SMILES string of the molecule is CC1CC(C(C)(F)F)=CCC(C)(C)C1NC(=O)NCCCc1ccc2c(n1)NCCC2. The minimum atomic E-state index is -2.82. The van der Waals surface area contributed by atoms with Crippen LogP contribution in [0.3, 0.4) is 0 Å². The molecule has 1 aromatic heterocycles. The van der Waals surface area contributed by atoms with Gasteiger partial charge in [-0.2, -0.15) is 0 Å². The second kappa shape index (κ2) is 9.53. The lowest BCUT2D eigenvalue weighted by molar-refractivity contribution is 0.0564. The molecule has 2 atom stereocenters. The van der Waals surface area contributed by atoms with Gasteiger partial charge in [0.25, 0.3) is 5.92 Å². The molecule has 0 aromatic carbocycles. The van der Waals surface area contributed by atoms with Crippen molar-refractivity contribution < 1.29 is 13.6 Å². The summed E-state index contributed by atoms with van der Waals surface area (Å²) in [7, 11) is 0. The molecule has 0 bridgehead atoms. The normalized spacial score (nSPS) is 23.1. The lowest BCUT2D eigenvalue weighted by Crippen LogP contribution is -2.51. The highest BCUT2D eigenvalue weighted by molar-refractivity contribution is 5.74. The topological polar surface area (TPSA) is 66.0 Å². The number of anilines is 1. The van der Waals surface area contributed by atoms with Crippen molar-refractivity contribution in [2.45, 2.75) is 78.2 Å². The van der Waals surface area contributed by atoms with Crippen LogP contribution in [0.2, 0.25) is 0 Å². The summed E-state index contributed by atoms with van der Waals surface area (Å²) < 4.78 is 27.7. The first-order chi connectivity index (χ1) is 14.6. The zero-order chi connectivity index (χ0) is 22.6. The second-order valence-corrected chi connectivity index (χ2v) is 9.81. The molecule has 7 heteroatoms. The van der Waals surface area contributed by atoms with Gasteiger partial charge in [-0.1, -0.05) is 32.9 Å². The van der Waals surface area contributed by atoms with Gasteiger partial charge in [0, 0.05) is 31.7 Å². The molecule has 5 nitrogen and oxygen atoms in total. The molecule has 0 radical (unpaired) electrons. The van der Waals surface area contributed by atoms with Crippen molar-refractivity contribution in [1.29, 1.82) is 0 Å². The van der Waals surface area contributed by atoms with Gasteiger partial charge < -0.3 is 16.0 Å². The second-order valence-electron chi connectivity index (χ2n) is 9.81. The fourth-order valence-corrected chi connectivity index (χ4v) is 4.70. The van der Waals surface area contributed by atoms with Gasteiger partial charge in [-0.25, -0.2) is 18.6 Å². The highest BCUT2D eigenvalue weighted by Gasteiger charge is 2.40. The number of aromatic nitrogens is 1. The number of fused-ring (bicyclic) bond motifs is 1. The van der Waals surface area contributed by atoms with E-state index in [9.17, 15) is 13.6 Å². The molecule has 1 aromatic rings. The highest BCUT2D eigenvalue weighted by atomic mass is 19.3. The summed E-state index contributed by atoms with van der Waals surface area (Å²) in [5.74, 6) is -1.90. The highest BCUT2D eigenvalue weighted by Crippen LogP contribution is 2.40. The summed E-state index contributed by atoms with van der Waals surface area (Å²) in [6, 6.07) is 3.78. The standard InChI is InChI=1S/C24H36F2N4O/c1-16-15-18(24(4,25)26)11-12-23(2,3)20(16)30-22(31)28-14-6-8-19-10-9-17-7-5-13-27-21(17)29-19/h9-11,16,20H,5-8,12-15H2,1-4H3,(H,27,29)(H2,28,30,31). The van der Waals surface area contributed by atoms with Crippen LogP contribution in [0.15, 0.2) is 23.8 Å². The van der Waals surface area contributed by atoms with Crippen LogP contribution in [0.4, 0.5) is 19.4 Å². The molecule has 1 aliphatic heterocycles. The molecular formula is C24H36F2N4O. The van der Waals surface area contributed by atoms with Crippen molar-refractivity contribution in [1.82, 2.24) is 15.6 Å². The van der Waals surface area contributed by atoms with E-state index in [1.54, 1.807) is 6.08 Å². The fourth-order valence-electron chi connectivity index (χ4n) is 4.70. The van der Waals surface area contributed by atoms with Crippen LogP contribution in [0.25, 0.3) is 0 Å². The first-order valence-corrected chi connectivity index (χ1v) is 11.4. The Hall–Kier alpha value is -2.18. The van der Waals surface area contributed by atoms with E-state index >= 15 is 0 Å². The van der Waals surface area contributed by atoms with E-state index in [2.05, 4.69) is 33.1 Å². The number of hydrogen-bond donors (Lipinski definition) is 3. The quantitative estimate of drug-likeness (QED) is 0.432. The monoisotopic (exact) mass is 434 g/mol. The third kappa shape index (κ3) is 6.17. The van der Waals surface area contributed by atoms with Crippen molar-refractivity contribution >= 4 is 11.8 Å². The molecule has 3 N–H and O–H groups in total. The van der Waals surface area contributed by atoms with Gasteiger partial charge in [0.2, 0.25) is 0 Å². The maximum absolute atomic E-state index is 13.9. The first-order valence-electron chi connectivity index (χ1n) is 11.4. The van der Waals surface area contributed by atoms with E-state index < -0.39 is 5.92 Å². The summed E-state index contributed by atoms with van der Waals surface area (Å²) in [6.07, 6.45) is 6.25. The number of alkyl halides is 2. The summed E-state index contributed by atoms with van der Waals surface area (Å²) >= 11 is 0. The van der Waals surface area contributed by atoms with Gasteiger partial charge in [0.15, 0.2) is 0 Å². The fraction of sp³-hybridized carbons (Fsp3) is 0.667. The molecule has 0 spiro atoms. The predicted molar refractivity (Wildman–Crippen MR) is 121 cm³/mol. The number of rotatable bonds is 6. The Morgan fingerprint density at radius 3 is 2.87 bits per heavy atom. The Balaban J connectivity index is 1.48. The van der Waals surface area contributed by atoms with Gasteiger partial charge in [-0.3, -0.25) is 0 Å². The third-order valence-electron chi connectivity index (χ3n) is 6.52. The lowest BCUT2D eigenvalue weighted by Gasteiger charge is -2.37. The number of pyridine rings is 1. The molecule has 0 saturated heterocycles. The molecule has 2 heterocycles. The van der Waals surface area contributed by atoms with Crippen molar-refractivity contribution in [3.8, 4) is 0 Å². The number of nitrogens with one attached hydrogen (secondary N) is 3. The van der Waals surface area contributed by atoms with E-state index in [1.807, 2.05) is 20.8 Å². The summed E-state index contributed by atoms with van der Waals surface area (Å²) in [6.45, 7) is 8.44. The number of allylic oxidation sites excluding steroid dienone is 2. The van der Waals surface area contributed by atoms with Gasteiger partial charge in [0.1, 0.15) is 5.82 Å². The maximum atomic E-state index is 13.9. The molecule has 1 aliphatic carbocycles. The zero-order valence-corrected chi connectivity index (χ0v) is 19.2. The third-order valence-corrected chi connectivity index (χ3v) is 6.52. The molecule has 172 valence electrons. The smallest absolute Gasteiger partial charge is 0.315 e. The number of nitrogens with zero attached hydrogens (tertiary/aromatic N) is 1. The first kappa shape index (κ1) is 23.5. The van der Waals surface area contributed by atoms with E-state index in [0.717, 1.165) is 50.7 Å². The van der Waals surface area contributed by atoms with Gasteiger partial charge in [-0.15, -0.1) is 0 Å². The Labute approximate surface area is 184 Å². The van der Waals surface area contributed by atoms with Crippen molar-refractivity contribution in [3.05, 3.63) is 35.0 Å². The van der Waals surface area contributed by atoms with E-state index in [1.165, 1.54) is 5.56 Å². The average molecular weight is 435 g/mol. The lowest BCUT2D eigenvalue weighted by atomic mass is 9.76. The van der Waals surface area contributed by atoms with Gasteiger partial charge >= 0.3 is 6.03 Å². The van der Waals surface area contributed by atoms with Crippen LogP contribution < -0.4 is 16.0 Å². The van der Waals surface area contributed by atoms with Crippen LogP contribution in [0.5, 0.6) is 0 Å². The Bertz CT molecular complexity index is 816. The number of urea groups is 1. The molecule has 31 heavy (non-hydrogen) atoms. The zero-order valence-electron chi connectivity index (χ0n) is 19.2. The van der Waals surface area contributed by atoms with Crippen molar-refractivity contribution in [2.75, 3.05) is 18.4 Å². The van der Waals surface area contributed by atoms with Crippen LogP contribution in [0.1, 0.15) is 64.6 Å². The van der Waals surface area contributed by atoms with Crippen molar-refractivity contribution in [2.24, 2.45) is 11.3 Å². The molecule has 0 fully saturated rings. The number of carbonyl (C=O) groups is 1. The number of aryl methyl sites for hydroxylation is 2. The van der Waals surface area contributed by atoms with E-state index in [4.69, 9.17) is 0 Å². The van der Waals surface area contributed by atoms with Crippen molar-refractivity contribution in [3.63, 3.8) is 0 Å². The summed E-state index contributed by atoms with van der Waals surface area (Å²) in [5, 5.41) is 9.32. The van der Waals surface area contributed by atoms with E-state index in [0.29, 0.717) is 13.0 Å². The predicted octanol–water partition coefficient (Wildman–Crippen LogP) is 5.08. The summed E-state index contributed by atoms with van der Waals surface area (Å²) in [4.78, 5) is 17.2. The molecule has 0 saturated carbocycles.